The maximum Gasteiger partial charge on any atom is 0.290 e. The first-order valence-electron chi connectivity index (χ1n) is 5.90. The van der Waals surface area contributed by atoms with Gasteiger partial charge in [0.15, 0.2) is 0 Å². The van der Waals surface area contributed by atoms with Crippen LogP contribution in [0.3, 0.4) is 0 Å². The average Bonchev–Trinajstić information content (AvgIpc) is 3.10. The van der Waals surface area contributed by atoms with Gasteiger partial charge in [-0.1, -0.05) is 30.3 Å². The van der Waals surface area contributed by atoms with Crippen molar-refractivity contribution in [1.82, 2.24) is 9.99 Å². The molecular formula is C14H13N3O. The van der Waals surface area contributed by atoms with Gasteiger partial charge in [0.25, 0.3) is 5.91 Å². The molecule has 3 rings (SSSR count). The Morgan fingerprint density at radius 2 is 2.06 bits per heavy atom. The largest absolute Gasteiger partial charge is 0.357 e. The van der Waals surface area contributed by atoms with Gasteiger partial charge in [0, 0.05) is 18.8 Å². The van der Waals surface area contributed by atoms with Gasteiger partial charge in [-0.2, -0.15) is 5.10 Å². The fourth-order valence-corrected chi connectivity index (χ4v) is 2.15. The molecule has 0 fully saturated rings. The van der Waals surface area contributed by atoms with Crippen molar-refractivity contribution in [3.05, 3.63) is 59.9 Å². The highest BCUT2D eigenvalue weighted by Gasteiger charge is 2.29. The molecule has 0 radical (unpaired) electrons. The van der Waals surface area contributed by atoms with E-state index in [9.17, 15) is 4.79 Å². The van der Waals surface area contributed by atoms with Gasteiger partial charge in [-0.15, -0.1) is 0 Å². The Hall–Kier alpha value is -2.36. The molecule has 0 aliphatic carbocycles. The van der Waals surface area contributed by atoms with Gasteiger partial charge in [-0.25, -0.2) is 5.01 Å². The molecule has 1 amide bonds. The normalized spacial score (nSPS) is 18.2. The van der Waals surface area contributed by atoms with E-state index in [0.29, 0.717) is 5.69 Å². The van der Waals surface area contributed by atoms with Gasteiger partial charge >= 0.3 is 0 Å². The SMILES string of the molecule is O=C(c1ccc[nH]1)N1N=CCC1c1ccccc1. The van der Waals surface area contributed by atoms with E-state index in [-0.39, 0.29) is 11.9 Å². The minimum atomic E-state index is -0.0948. The number of hydrogen-bond donors (Lipinski definition) is 1. The summed E-state index contributed by atoms with van der Waals surface area (Å²) in [6.07, 6.45) is 4.29. The Morgan fingerprint density at radius 1 is 1.22 bits per heavy atom. The molecule has 2 heterocycles. The highest BCUT2D eigenvalue weighted by molar-refractivity contribution is 5.93. The molecule has 1 aromatic carbocycles. The molecule has 18 heavy (non-hydrogen) atoms. The number of carbonyl (C=O) groups is 1. The summed E-state index contributed by atoms with van der Waals surface area (Å²) in [4.78, 5) is 15.2. The van der Waals surface area contributed by atoms with Crippen LogP contribution in [-0.4, -0.2) is 22.1 Å². The summed E-state index contributed by atoms with van der Waals surface area (Å²) in [6.45, 7) is 0. The Balaban J connectivity index is 1.88. The van der Waals surface area contributed by atoms with Crippen LogP contribution in [0.15, 0.2) is 53.8 Å². The second-order valence-electron chi connectivity index (χ2n) is 4.19. The third kappa shape index (κ3) is 1.82. The summed E-state index contributed by atoms with van der Waals surface area (Å²) < 4.78 is 0. The molecule has 90 valence electrons. The molecular weight excluding hydrogens is 226 g/mol. The van der Waals surface area contributed by atoms with E-state index in [2.05, 4.69) is 10.1 Å². The Kier molecular flexibility index (Phi) is 2.68. The minimum Gasteiger partial charge on any atom is -0.357 e. The predicted molar refractivity (Wildman–Crippen MR) is 69.3 cm³/mol. The second kappa shape index (κ2) is 4.49. The summed E-state index contributed by atoms with van der Waals surface area (Å²) in [7, 11) is 0. The first kappa shape index (κ1) is 10.8. The molecule has 0 spiro atoms. The molecule has 1 aliphatic heterocycles. The van der Waals surface area contributed by atoms with Gasteiger partial charge in [0.05, 0.1) is 6.04 Å². The third-order valence-corrected chi connectivity index (χ3v) is 3.05. The molecule has 1 unspecified atom stereocenters. The lowest BCUT2D eigenvalue weighted by Gasteiger charge is -2.21. The van der Waals surface area contributed by atoms with Gasteiger partial charge in [-0.3, -0.25) is 4.79 Å². The zero-order chi connectivity index (χ0) is 12.4. The highest BCUT2D eigenvalue weighted by Crippen LogP contribution is 2.28. The first-order valence-corrected chi connectivity index (χ1v) is 5.90. The number of aromatic amines is 1. The van der Waals surface area contributed by atoms with Crippen molar-refractivity contribution >= 4 is 12.1 Å². The molecule has 1 N–H and O–H groups in total. The monoisotopic (exact) mass is 239 g/mol. The number of hydrogen-bond acceptors (Lipinski definition) is 2. The van der Waals surface area contributed by atoms with Crippen molar-refractivity contribution in [2.75, 3.05) is 0 Å². The molecule has 4 nitrogen and oxygen atoms in total. The Morgan fingerprint density at radius 3 is 2.78 bits per heavy atom. The van der Waals surface area contributed by atoms with Crippen molar-refractivity contribution in [2.45, 2.75) is 12.5 Å². The summed E-state index contributed by atoms with van der Waals surface area (Å²) in [5, 5.41) is 5.73. The fourth-order valence-electron chi connectivity index (χ4n) is 2.15. The number of rotatable bonds is 2. The minimum absolute atomic E-state index is 0.00185. The average molecular weight is 239 g/mol. The smallest absolute Gasteiger partial charge is 0.290 e. The predicted octanol–water partition coefficient (Wildman–Crippen LogP) is 2.59. The summed E-state index contributed by atoms with van der Waals surface area (Å²) in [5.74, 6) is -0.0948. The van der Waals surface area contributed by atoms with Crippen molar-refractivity contribution in [3.8, 4) is 0 Å². The van der Waals surface area contributed by atoms with E-state index in [1.165, 1.54) is 0 Å². The van der Waals surface area contributed by atoms with Gasteiger partial charge in [-0.05, 0) is 17.7 Å². The number of benzene rings is 1. The lowest BCUT2D eigenvalue weighted by atomic mass is 10.0. The maximum atomic E-state index is 12.3. The zero-order valence-corrected chi connectivity index (χ0v) is 9.78. The molecule has 0 saturated carbocycles. The second-order valence-corrected chi connectivity index (χ2v) is 4.19. The summed E-state index contributed by atoms with van der Waals surface area (Å²) >= 11 is 0. The van der Waals surface area contributed by atoms with Crippen molar-refractivity contribution in [2.24, 2.45) is 5.10 Å². The number of aromatic nitrogens is 1. The Labute approximate surface area is 105 Å². The van der Waals surface area contributed by atoms with Crippen LogP contribution < -0.4 is 0 Å². The summed E-state index contributed by atoms with van der Waals surface area (Å²) in [6, 6.07) is 13.5. The molecule has 1 aromatic heterocycles. The number of nitrogens with zero attached hydrogens (tertiary/aromatic N) is 2. The van der Waals surface area contributed by atoms with Gasteiger partial charge in [0.1, 0.15) is 5.69 Å². The fraction of sp³-hybridized carbons (Fsp3) is 0.143. The topological polar surface area (TPSA) is 48.5 Å². The molecule has 1 aliphatic rings. The van der Waals surface area contributed by atoms with E-state index in [1.54, 1.807) is 23.5 Å². The Bertz CT molecular complexity index is 560. The van der Waals surface area contributed by atoms with Crippen LogP contribution in [0.2, 0.25) is 0 Å². The molecule has 4 heteroatoms. The zero-order valence-electron chi connectivity index (χ0n) is 9.78. The van der Waals surface area contributed by atoms with Gasteiger partial charge < -0.3 is 4.98 Å². The number of amides is 1. The standard InChI is InChI=1S/C14H13N3O/c18-14(12-7-4-9-15-12)17-13(8-10-16-17)11-5-2-1-3-6-11/h1-7,9-10,13,15H,8H2. The van der Waals surface area contributed by atoms with Crippen LogP contribution in [0, 0.1) is 0 Å². The number of hydrazone groups is 1. The molecule has 2 aromatic rings. The van der Waals surface area contributed by atoms with E-state index in [1.807, 2.05) is 36.4 Å². The number of carbonyl (C=O) groups excluding carboxylic acids is 1. The molecule has 1 atom stereocenters. The number of H-pyrrole nitrogens is 1. The van der Waals surface area contributed by atoms with E-state index in [0.717, 1.165) is 12.0 Å². The van der Waals surface area contributed by atoms with E-state index in [4.69, 9.17) is 0 Å². The van der Waals surface area contributed by atoms with E-state index >= 15 is 0 Å². The van der Waals surface area contributed by atoms with Crippen molar-refractivity contribution in [1.29, 1.82) is 0 Å². The number of nitrogens with one attached hydrogen (secondary N) is 1. The first-order chi connectivity index (χ1) is 8.86. The molecule has 0 saturated heterocycles. The van der Waals surface area contributed by atoms with Crippen molar-refractivity contribution < 1.29 is 4.79 Å². The lowest BCUT2D eigenvalue weighted by Crippen LogP contribution is -2.27. The maximum absolute atomic E-state index is 12.3. The summed E-state index contributed by atoms with van der Waals surface area (Å²) in [5.41, 5.74) is 1.67. The highest BCUT2D eigenvalue weighted by atomic mass is 16.2. The van der Waals surface area contributed by atoms with E-state index < -0.39 is 0 Å². The lowest BCUT2D eigenvalue weighted by molar-refractivity contribution is 0.0706. The van der Waals surface area contributed by atoms with Crippen LogP contribution >= 0.6 is 0 Å². The van der Waals surface area contributed by atoms with Crippen LogP contribution in [0.4, 0.5) is 0 Å². The van der Waals surface area contributed by atoms with Crippen LogP contribution in [0.1, 0.15) is 28.5 Å². The quantitative estimate of drug-likeness (QED) is 0.860. The van der Waals surface area contributed by atoms with Crippen LogP contribution in [0.25, 0.3) is 0 Å². The van der Waals surface area contributed by atoms with Crippen molar-refractivity contribution in [3.63, 3.8) is 0 Å². The third-order valence-electron chi connectivity index (χ3n) is 3.05. The molecule has 0 bridgehead atoms. The van der Waals surface area contributed by atoms with Crippen LogP contribution in [0.5, 0.6) is 0 Å². The van der Waals surface area contributed by atoms with Gasteiger partial charge in [0.2, 0.25) is 0 Å². The van der Waals surface area contributed by atoms with Crippen LogP contribution in [-0.2, 0) is 0 Å².